The Morgan fingerprint density at radius 1 is 1.29 bits per heavy atom. The van der Waals surface area contributed by atoms with Crippen molar-refractivity contribution >= 4 is 0 Å². The first kappa shape index (κ1) is 14.6. The molecule has 0 heterocycles. The minimum atomic E-state index is -0.954. The first-order valence-electron chi connectivity index (χ1n) is 8.37. The molecule has 1 fully saturated rings. The molecule has 2 aliphatic rings. The van der Waals surface area contributed by atoms with Crippen LogP contribution in [0.15, 0.2) is 24.3 Å². The third-order valence-corrected chi connectivity index (χ3v) is 5.88. The summed E-state index contributed by atoms with van der Waals surface area (Å²) in [6.07, 6.45) is 7.81. The lowest BCUT2D eigenvalue weighted by Crippen LogP contribution is -2.49. The average Bonchev–Trinajstić information content (AvgIpc) is 2.55. The number of nitriles is 1. The lowest BCUT2D eigenvalue weighted by atomic mass is 9.56. The summed E-state index contributed by atoms with van der Waals surface area (Å²) in [5, 5.41) is 21.6. The molecular weight excluding hydrogens is 258 g/mol. The number of hydrogen-bond donors (Lipinski definition) is 1. The van der Waals surface area contributed by atoms with Gasteiger partial charge in [0.2, 0.25) is 0 Å². The van der Waals surface area contributed by atoms with Crippen molar-refractivity contribution in [3.8, 4) is 6.07 Å². The molecule has 0 bridgehead atoms. The highest BCUT2D eigenvalue weighted by Crippen LogP contribution is 2.55. The SMILES string of the molecule is CCC1CCCC(C#N)(C2(O)CCCc3ccccc32)C1. The molecule has 3 unspecified atom stereocenters. The Bertz CT molecular complexity index is 561. The van der Waals surface area contributed by atoms with Crippen molar-refractivity contribution in [2.24, 2.45) is 11.3 Å². The van der Waals surface area contributed by atoms with E-state index in [1.54, 1.807) is 0 Å². The number of fused-ring (bicyclic) bond motifs is 1. The van der Waals surface area contributed by atoms with Crippen molar-refractivity contribution < 1.29 is 5.11 Å². The van der Waals surface area contributed by atoms with Gasteiger partial charge in [-0.25, -0.2) is 0 Å². The van der Waals surface area contributed by atoms with Gasteiger partial charge in [-0.15, -0.1) is 0 Å². The third-order valence-electron chi connectivity index (χ3n) is 5.88. The molecule has 0 amide bonds. The number of hydrogen-bond acceptors (Lipinski definition) is 2. The van der Waals surface area contributed by atoms with E-state index in [4.69, 9.17) is 0 Å². The van der Waals surface area contributed by atoms with E-state index in [1.807, 2.05) is 18.2 Å². The van der Waals surface area contributed by atoms with E-state index >= 15 is 0 Å². The number of rotatable bonds is 2. The highest BCUT2D eigenvalue weighted by Gasteiger charge is 2.54. The minimum Gasteiger partial charge on any atom is -0.383 e. The molecule has 0 aromatic heterocycles. The van der Waals surface area contributed by atoms with E-state index < -0.39 is 11.0 Å². The molecule has 112 valence electrons. The van der Waals surface area contributed by atoms with E-state index in [9.17, 15) is 10.4 Å². The number of nitrogens with zero attached hydrogens (tertiary/aromatic N) is 1. The second kappa shape index (κ2) is 5.46. The summed E-state index contributed by atoms with van der Waals surface area (Å²) in [6, 6.07) is 10.8. The smallest absolute Gasteiger partial charge is 0.108 e. The van der Waals surface area contributed by atoms with Gasteiger partial charge in [0.05, 0.1) is 11.5 Å². The standard InChI is InChI=1S/C19H25NO/c1-2-15-7-5-11-18(13-15,14-20)19(21)12-6-9-16-8-3-4-10-17(16)19/h3-4,8,10,15,21H,2,5-7,9,11-13H2,1H3. The van der Waals surface area contributed by atoms with Gasteiger partial charge in [-0.1, -0.05) is 50.5 Å². The Balaban J connectivity index is 2.07. The number of aryl methyl sites for hydroxylation is 1. The highest BCUT2D eigenvalue weighted by atomic mass is 16.3. The van der Waals surface area contributed by atoms with Gasteiger partial charge < -0.3 is 5.11 Å². The van der Waals surface area contributed by atoms with Crippen molar-refractivity contribution in [3.63, 3.8) is 0 Å². The summed E-state index contributed by atoms with van der Waals surface area (Å²) in [7, 11) is 0. The van der Waals surface area contributed by atoms with Crippen LogP contribution >= 0.6 is 0 Å². The molecule has 3 rings (SSSR count). The van der Waals surface area contributed by atoms with Crippen LogP contribution in [0.25, 0.3) is 0 Å². The molecule has 1 saturated carbocycles. The van der Waals surface area contributed by atoms with Crippen molar-refractivity contribution in [2.45, 2.75) is 63.9 Å². The maximum absolute atomic E-state index is 11.6. The summed E-state index contributed by atoms with van der Waals surface area (Å²) in [5.41, 5.74) is 0.710. The molecule has 0 aliphatic heterocycles. The Labute approximate surface area is 127 Å². The summed E-state index contributed by atoms with van der Waals surface area (Å²) < 4.78 is 0. The fraction of sp³-hybridized carbons (Fsp3) is 0.632. The zero-order valence-corrected chi connectivity index (χ0v) is 12.9. The molecule has 2 nitrogen and oxygen atoms in total. The van der Waals surface area contributed by atoms with Gasteiger partial charge in [-0.3, -0.25) is 0 Å². The Hall–Kier alpha value is -1.33. The molecule has 0 spiro atoms. The van der Waals surface area contributed by atoms with Gasteiger partial charge in [0.15, 0.2) is 0 Å². The largest absolute Gasteiger partial charge is 0.383 e. The lowest BCUT2D eigenvalue weighted by Gasteiger charge is -2.49. The van der Waals surface area contributed by atoms with Crippen molar-refractivity contribution in [1.29, 1.82) is 5.26 Å². The topological polar surface area (TPSA) is 44.0 Å². The van der Waals surface area contributed by atoms with Crippen LogP contribution in [-0.2, 0) is 12.0 Å². The molecule has 1 N–H and O–H groups in total. The molecule has 0 radical (unpaired) electrons. The number of aliphatic hydroxyl groups is 1. The Kier molecular flexibility index (Phi) is 3.80. The monoisotopic (exact) mass is 283 g/mol. The summed E-state index contributed by atoms with van der Waals surface area (Å²) in [6.45, 7) is 2.21. The predicted octanol–water partition coefficient (Wildman–Crippen LogP) is 4.32. The van der Waals surface area contributed by atoms with Gasteiger partial charge in [0.25, 0.3) is 0 Å². The molecule has 2 aliphatic carbocycles. The van der Waals surface area contributed by atoms with E-state index in [1.165, 1.54) is 12.0 Å². The number of benzene rings is 1. The van der Waals surface area contributed by atoms with Crippen LogP contribution in [0.1, 0.15) is 63.0 Å². The Morgan fingerprint density at radius 3 is 2.86 bits per heavy atom. The summed E-state index contributed by atoms with van der Waals surface area (Å²) in [5.74, 6) is 0.580. The fourth-order valence-corrected chi connectivity index (χ4v) is 4.62. The maximum atomic E-state index is 11.6. The maximum Gasteiger partial charge on any atom is 0.108 e. The van der Waals surface area contributed by atoms with Crippen LogP contribution in [0, 0.1) is 22.7 Å². The third kappa shape index (κ3) is 2.19. The van der Waals surface area contributed by atoms with Gasteiger partial charge in [-0.05, 0) is 49.1 Å². The first-order chi connectivity index (χ1) is 10.1. The van der Waals surface area contributed by atoms with Crippen molar-refractivity contribution in [1.82, 2.24) is 0 Å². The molecule has 1 aromatic rings. The second-order valence-electron chi connectivity index (χ2n) is 6.94. The zero-order valence-electron chi connectivity index (χ0n) is 12.9. The zero-order chi connectivity index (χ0) is 14.9. The fourth-order valence-electron chi connectivity index (χ4n) is 4.62. The van der Waals surface area contributed by atoms with Gasteiger partial charge >= 0.3 is 0 Å². The molecule has 1 aromatic carbocycles. The molecule has 2 heteroatoms. The Morgan fingerprint density at radius 2 is 2.10 bits per heavy atom. The van der Waals surface area contributed by atoms with E-state index in [0.29, 0.717) is 5.92 Å². The molecule has 21 heavy (non-hydrogen) atoms. The van der Waals surface area contributed by atoms with Crippen molar-refractivity contribution in [2.75, 3.05) is 0 Å². The molecular formula is C19H25NO. The molecule has 0 saturated heterocycles. The van der Waals surface area contributed by atoms with Crippen LogP contribution < -0.4 is 0 Å². The van der Waals surface area contributed by atoms with Crippen molar-refractivity contribution in [3.05, 3.63) is 35.4 Å². The quantitative estimate of drug-likeness (QED) is 0.878. The lowest BCUT2D eigenvalue weighted by molar-refractivity contribution is -0.100. The normalized spacial score (nSPS) is 35.8. The highest BCUT2D eigenvalue weighted by molar-refractivity contribution is 5.38. The predicted molar refractivity (Wildman–Crippen MR) is 83.6 cm³/mol. The first-order valence-corrected chi connectivity index (χ1v) is 8.37. The van der Waals surface area contributed by atoms with Crippen LogP contribution in [0.2, 0.25) is 0 Å². The van der Waals surface area contributed by atoms with Gasteiger partial charge in [-0.2, -0.15) is 5.26 Å². The average molecular weight is 283 g/mol. The van der Waals surface area contributed by atoms with Crippen LogP contribution in [0.5, 0.6) is 0 Å². The van der Waals surface area contributed by atoms with Crippen LogP contribution in [-0.4, -0.2) is 5.11 Å². The minimum absolute atomic E-state index is 0.580. The van der Waals surface area contributed by atoms with Crippen LogP contribution in [0.4, 0.5) is 0 Å². The van der Waals surface area contributed by atoms with E-state index in [0.717, 1.165) is 50.5 Å². The second-order valence-corrected chi connectivity index (χ2v) is 6.94. The summed E-state index contributed by atoms with van der Waals surface area (Å²) in [4.78, 5) is 0. The van der Waals surface area contributed by atoms with Gasteiger partial charge in [0, 0.05) is 0 Å². The van der Waals surface area contributed by atoms with E-state index in [2.05, 4.69) is 19.1 Å². The summed E-state index contributed by atoms with van der Waals surface area (Å²) >= 11 is 0. The van der Waals surface area contributed by atoms with Crippen LogP contribution in [0.3, 0.4) is 0 Å². The molecule has 3 atom stereocenters. The van der Waals surface area contributed by atoms with Gasteiger partial charge in [0.1, 0.15) is 5.60 Å². The van der Waals surface area contributed by atoms with E-state index in [-0.39, 0.29) is 0 Å².